The number of non-ortho nitro benzene ring substituents is 1. The molecule has 1 fully saturated rings. The molecule has 4 rings (SSSR count). The normalized spacial score (nSPS) is 14.2. The van der Waals surface area contributed by atoms with Gasteiger partial charge in [0.25, 0.3) is 11.6 Å². The second-order valence-corrected chi connectivity index (χ2v) is 7.68. The van der Waals surface area contributed by atoms with Gasteiger partial charge in [0.15, 0.2) is 0 Å². The van der Waals surface area contributed by atoms with Crippen LogP contribution in [-0.2, 0) is 6.54 Å². The molecule has 32 heavy (non-hydrogen) atoms. The minimum atomic E-state index is -0.432. The number of hydrogen-bond donors (Lipinski definition) is 2. The van der Waals surface area contributed by atoms with Crippen molar-refractivity contribution in [3.63, 3.8) is 0 Å². The Bertz CT molecular complexity index is 1090. The van der Waals surface area contributed by atoms with Crippen LogP contribution in [0.15, 0.2) is 54.7 Å². The molecule has 1 aliphatic heterocycles. The lowest BCUT2D eigenvalue weighted by molar-refractivity contribution is -0.384. The maximum Gasteiger partial charge on any atom is 0.269 e. The van der Waals surface area contributed by atoms with Crippen LogP contribution in [0.2, 0.25) is 0 Å². The van der Waals surface area contributed by atoms with Crippen molar-refractivity contribution in [2.24, 2.45) is 0 Å². The number of carbonyl (C=O) groups excluding carboxylic acids is 1. The SMILES string of the molecule is COc1ccc(CNC(=O)c2cnn(-c3ccc([N+](=O)[O-])cc3)c2C2CCNCC2)cc1. The fourth-order valence-corrected chi connectivity index (χ4v) is 3.96. The topological polar surface area (TPSA) is 111 Å². The molecular formula is C23H25N5O4. The van der Waals surface area contributed by atoms with Crippen LogP contribution in [0.25, 0.3) is 5.69 Å². The van der Waals surface area contributed by atoms with Gasteiger partial charge in [-0.2, -0.15) is 5.10 Å². The first-order valence-corrected chi connectivity index (χ1v) is 10.5. The summed E-state index contributed by atoms with van der Waals surface area (Å²) in [5, 5.41) is 21.8. The number of nitrogens with zero attached hydrogens (tertiary/aromatic N) is 3. The zero-order valence-electron chi connectivity index (χ0n) is 17.8. The second-order valence-electron chi connectivity index (χ2n) is 7.68. The van der Waals surface area contributed by atoms with Crippen LogP contribution in [0.5, 0.6) is 5.75 Å². The highest BCUT2D eigenvalue weighted by atomic mass is 16.6. The van der Waals surface area contributed by atoms with Crippen LogP contribution in [0, 0.1) is 10.1 Å². The number of ether oxygens (including phenoxy) is 1. The van der Waals surface area contributed by atoms with Crippen molar-refractivity contribution in [1.29, 1.82) is 0 Å². The van der Waals surface area contributed by atoms with Gasteiger partial charge in [-0.3, -0.25) is 14.9 Å². The third-order valence-corrected chi connectivity index (χ3v) is 5.69. The lowest BCUT2D eigenvalue weighted by Crippen LogP contribution is -2.30. The van der Waals surface area contributed by atoms with Gasteiger partial charge >= 0.3 is 0 Å². The molecule has 2 heterocycles. The number of rotatable bonds is 7. The summed E-state index contributed by atoms with van der Waals surface area (Å²) in [6.45, 7) is 2.11. The molecule has 9 nitrogen and oxygen atoms in total. The molecule has 166 valence electrons. The van der Waals surface area contributed by atoms with Gasteiger partial charge in [-0.15, -0.1) is 0 Å². The average Bonchev–Trinajstić information content (AvgIpc) is 3.29. The van der Waals surface area contributed by atoms with Crippen molar-refractivity contribution in [3.05, 3.63) is 81.7 Å². The summed E-state index contributed by atoms with van der Waals surface area (Å²) in [6, 6.07) is 13.8. The zero-order valence-corrected chi connectivity index (χ0v) is 17.8. The number of hydrogen-bond acceptors (Lipinski definition) is 6. The highest BCUT2D eigenvalue weighted by Gasteiger charge is 2.27. The fourth-order valence-electron chi connectivity index (χ4n) is 3.96. The van der Waals surface area contributed by atoms with E-state index in [1.54, 1.807) is 30.1 Å². The van der Waals surface area contributed by atoms with Crippen LogP contribution < -0.4 is 15.4 Å². The Hall–Kier alpha value is -3.72. The Morgan fingerprint density at radius 2 is 1.88 bits per heavy atom. The molecule has 3 aromatic rings. The van der Waals surface area contributed by atoms with Crippen molar-refractivity contribution >= 4 is 11.6 Å². The van der Waals surface area contributed by atoms with Gasteiger partial charge < -0.3 is 15.4 Å². The summed E-state index contributed by atoms with van der Waals surface area (Å²) in [5.41, 5.74) is 3.04. The summed E-state index contributed by atoms with van der Waals surface area (Å²) in [5.74, 6) is 0.732. The number of nitro groups is 1. The molecule has 0 atom stereocenters. The van der Waals surface area contributed by atoms with E-state index in [-0.39, 0.29) is 17.5 Å². The smallest absolute Gasteiger partial charge is 0.269 e. The van der Waals surface area contributed by atoms with Crippen LogP contribution in [-0.4, -0.2) is 40.8 Å². The average molecular weight is 435 g/mol. The van der Waals surface area contributed by atoms with Crippen molar-refractivity contribution in [2.75, 3.05) is 20.2 Å². The van der Waals surface area contributed by atoms with Crippen molar-refractivity contribution in [1.82, 2.24) is 20.4 Å². The second kappa shape index (κ2) is 9.61. The lowest BCUT2D eigenvalue weighted by Gasteiger charge is -2.24. The van der Waals surface area contributed by atoms with Crippen LogP contribution >= 0.6 is 0 Å². The van der Waals surface area contributed by atoms with Gasteiger partial charge in [0.1, 0.15) is 5.75 Å². The van der Waals surface area contributed by atoms with Crippen molar-refractivity contribution in [2.45, 2.75) is 25.3 Å². The fraction of sp³-hybridized carbons (Fsp3) is 0.304. The van der Waals surface area contributed by atoms with Crippen LogP contribution in [0.1, 0.15) is 40.4 Å². The van der Waals surface area contributed by atoms with Gasteiger partial charge in [-0.25, -0.2) is 4.68 Å². The van der Waals surface area contributed by atoms with E-state index in [1.165, 1.54) is 12.1 Å². The third kappa shape index (κ3) is 4.62. The summed E-state index contributed by atoms with van der Waals surface area (Å²) >= 11 is 0. The van der Waals surface area contributed by atoms with E-state index in [2.05, 4.69) is 15.7 Å². The molecule has 0 bridgehead atoms. The highest BCUT2D eigenvalue weighted by molar-refractivity contribution is 5.95. The Morgan fingerprint density at radius 3 is 2.50 bits per heavy atom. The molecule has 9 heteroatoms. The molecule has 1 aromatic heterocycles. The number of piperidine rings is 1. The number of amides is 1. The largest absolute Gasteiger partial charge is 0.497 e. The Morgan fingerprint density at radius 1 is 1.19 bits per heavy atom. The van der Waals surface area contributed by atoms with Gasteiger partial charge in [0.2, 0.25) is 0 Å². The molecule has 1 amide bonds. The first-order chi connectivity index (χ1) is 15.6. The molecular weight excluding hydrogens is 410 g/mol. The first kappa shape index (κ1) is 21.5. The summed E-state index contributed by atoms with van der Waals surface area (Å²) in [4.78, 5) is 23.7. The number of aromatic nitrogens is 2. The van der Waals surface area contributed by atoms with Gasteiger partial charge in [-0.1, -0.05) is 12.1 Å². The third-order valence-electron chi connectivity index (χ3n) is 5.69. The standard InChI is InChI=1S/C23H25N5O4/c1-32-20-8-2-16(3-9-20)14-25-23(29)21-15-26-27(22(21)17-10-12-24-13-11-17)18-4-6-19(7-5-18)28(30)31/h2-9,15,17,24H,10-14H2,1H3,(H,25,29). The van der Waals surface area contributed by atoms with Crippen LogP contribution in [0.4, 0.5) is 5.69 Å². The molecule has 0 unspecified atom stereocenters. The number of methoxy groups -OCH3 is 1. The molecule has 0 aliphatic carbocycles. The highest BCUT2D eigenvalue weighted by Crippen LogP contribution is 2.30. The minimum absolute atomic E-state index is 0.0155. The van der Waals surface area contributed by atoms with Gasteiger partial charge in [0, 0.05) is 24.6 Å². The van der Waals surface area contributed by atoms with E-state index in [4.69, 9.17) is 4.74 Å². The van der Waals surface area contributed by atoms with E-state index in [1.807, 2.05) is 24.3 Å². The minimum Gasteiger partial charge on any atom is -0.497 e. The predicted octanol–water partition coefficient (Wildman–Crippen LogP) is 3.19. The Kier molecular flexibility index (Phi) is 6.46. The maximum atomic E-state index is 13.1. The molecule has 0 spiro atoms. The molecule has 1 saturated heterocycles. The molecule has 0 saturated carbocycles. The van der Waals surface area contributed by atoms with E-state index in [0.717, 1.165) is 42.9 Å². The molecule has 2 aromatic carbocycles. The van der Waals surface area contributed by atoms with Crippen molar-refractivity contribution < 1.29 is 14.5 Å². The van der Waals surface area contributed by atoms with E-state index >= 15 is 0 Å². The maximum absolute atomic E-state index is 13.1. The van der Waals surface area contributed by atoms with E-state index < -0.39 is 4.92 Å². The molecule has 2 N–H and O–H groups in total. The summed E-state index contributed by atoms with van der Waals surface area (Å²) < 4.78 is 6.91. The number of nitrogens with one attached hydrogen (secondary N) is 2. The van der Waals surface area contributed by atoms with E-state index in [0.29, 0.717) is 17.8 Å². The summed E-state index contributed by atoms with van der Waals surface area (Å²) in [6.07, 6.45) is 3.36. The zero-order chi connectivity index (χ0) is 22.5. The molecule has 1 aliphatic rings. The summed E-state index contributed by atoms with van der Waals surface area (Å²) in [7, 11) is 1.61. The monoisotopic (exact) mass is 435 g/mol. The number of carbonyl (C=O) groups is 1. The van der Waals surface area contributed by atoms with E-state index in [9.17, 15) is 14.9 Å². The Labute approximate surface area is 185 Å². The van der Waals surface area contributed by atoms with Crippen LogP contribution in [0.3, 0.4) is 0 Å². The quantitative estimate of drug-likeness (QED) is 0.436. The number of nitro benzene ring substituents is 1. The lowest BCUT2D eigenvalue weighted by atomic mass is 9.91. The van der Waals surface area contributed by atoms with Gasteiger partial charge in [-0.05, 0) is 55.8 Å². The Balaban J connectivity index is 1.60. The van der Waals surface area contributed by atoms with Crippen molar-refractivity contribution in [3.8, 4) is 11.4 Å². The first-order valence-electron chi connectivity index (χ1n) is 10.5. The predicted molar refractivity (Wildman–Crippen MR) is 119 cm³/mol. The van der Waals surface area contributed by atoms with Gasteiger partial charge in [0.05, 0.1) is 35.2 Å². The number of benzene rings is 2. The molecule has 0 radical (unpaired) electrons.